The molecule has 0 aliphatic heterocycles. The highest BCUT2D eigenvalue weighted by Gasteiger charge is 2.38. The lowest BCUT2D eigenvalue weighted by Gasteiger charge is -2.17. The summed E-state index contributed by atoms with van der Waals surface area (Å²) in [5.74, 6) is -1.30. The highest BCUT2D eigenvalue weighted by atomic mass is 19.4. The van der Waals surface area contributed by atoms with E-state index in [2.05, 4.69) is 0 Å². The van der Waals surface area contributed by atoms with Crippen molar-refractivity contribution in [2.45, 2.75) is 44.4 Å². The second-order valence-corrected chi connectivity index (χ2v) is 4.94. The summed E-state index contributed by atoms with van der Waals surface area (Å²) >= 11 is 0. The highest BCUT2D eigenvalue weighted by Crippen LogP contribution is 2.38. The van der Waals surface area contributed by atoms with Crippen molar-refractivity contribution in [2.24, 2.45) is 11.8 Å². The second-order valence-electron chi connectivity index (χ2n) is 4.94. The Bertz CT molecular complexity index is 330. The lowest BCUT2D eigenvalue weighted by Crippen LogP contribution is -2.19. The van der Waals surface area contributed by atoms with Crippen LogP contribution < -0.4 is 0 Å². The first-order chi connectivity index (χ1) is 7.97. The first-order valence-corrected chi connectivity index (χ1v) is 6.09. The van der Waals surface area contributed by atoms with Crippen molar-refractivity contribution in [3.63, 3.8) is 0 Å². The van der Waals surface area contributed by atoms with E-state index in [9.17, 15) is 18.3 Å². The normalized spacial score (nSPS) is 34.6. The van der Waals surface area contributed by atoms with Crippen molar-refractivity contribution in [3.8, 4) is 0 Å². The fraction of sp³-hybridized carbons (Fsp3) is 0.692. The maximum Gasteiger partial charge on any atom is 0.398 e. The molecule has 3 atom stereocenters. The van der Waals surface area contributed by atoms with Crippen molar-refractivity contribution >= 4 is 0 Å². The van der Waals surface area contributed by atoms with Crippen LogP contribution in [0.5, 0.6) is 0 Å². The molecular weight excluding hydrogens is 229 g/mol. The van der Waals surface area contributed by atoms with Gasteiger partial charge in [0, 0.05) is 0 Å². The number of hydrogen-bond acceptors (Lipinski definition) is 1. The molecule has 2 rings (SSSR count). The van der Waals surface area contributed by atoms with Gasteiger partial charge in [-0.3, -0.25) is 0 Å². The average Bonchev–Trinajstić information content (AvgIpc) is 2.53. The van der Waals surface area contributed by atoms with E-state index in [1.54, 1.807) is 6.08 Å². The van der Waals surface area contributed by atoms with E-state index < -0.39 is 12.1 Å². The third kappa shape index (κ3) is 3.12. The van der Waals surface area contributed by atoms with Gasteiger partial charge in [-0.25, -0.2) is 0 Å². The molecule has 4 heteroatoms. The minimum Gasteiger partial charge on any atom is -0.393 e. The summed E-state index contributed by atoms with van der Waals surface area (Å²) < 4.78 is 38.1. The SMILES string of the molecule is OC1CCC(C2=CC(C(F)(F)F)C=CCC2)C1. The molecule has 0 aromatic carbocycles. The largest absolute Gasteiger partial charge is 0.398 e. The molecule has 0 aromatic rings. The van der Waals surface area contributed by atoms with Crippen LogP contribution in [0.1, 0.15) is 32.1 Å². The molecule has 96 valence electrons. The predicted octanol–water partition coefficient (Wildman–Crippen LogP) is 3.60. The summed E-state index contributed by atoms with van der Waals surface area (Å²) in [6.07, 6.45) is 3.23. The van der Waals surface area contributed by atoms with Crippen LogP contribution in [0.4, 0.5) is 13.2 Å². The third-order valence-corrected chi connectivity index (χ3v) is 3.64. The van der Waals surface area contributed by atoms with Crippen LogP contribution in [0, 0.1) is 11.8 Å². The molecular formula is C13H17F3O. The summed E-state index contributed by atoms with van der Waals surface area (Å²) in [7, 11) is 0. The highest BCUT2D eigenvalue weighted by molar-refractivity contribution is 5.19. The maximum atomic E-state index is 12.7. The number of rotatable bonds is 1. The molecule has 0 spiro atoms. The average molecular weight is 246 g/mol. The molecule has 0 heterocycles. The molecule has 3 unspecified atom stereocenters. The van der Waals surface area contributed by atoms with E-state index in [4.69, 9.17) is 0 Å². The van der Waals surface area contributed by atoms with Gasteiger partial charge in [-0.2, -0.15) is 13.2 Å². The van der Waals surface area contributed by atoms with Crippen LogP contribution in [0.15, 0.2) is 23.8 Å². The van der Waals surface area contributed by atoms with Crippen LogP contribution >= 0.6 is 0 Å². The summed E-state index contributed by atoms with van der Waals surface area (Å²) in [4.78, 5) is 0. The zero-order valence-electron chi connectivity index (χ0n) is 9.58. The second kappa shape index (κ2) is 4.84. The fourth-order valence-corrected chi connectivity index (χ4v) is 2.70. The Labute approximate surface area is 99.0 Å². The maximum absolute atomic E-state index is 12.7. The van der Waals surface area contributed by atoms with Gasteiger partial charge in [0.2, 0.25) is 0 Å². The molecule has 0 saturated heterocycles. The number of aliphatic hydroxyl groups excluding tert-OH is 1. The van der Waals surface area contributed by atoms with E-state index >= 15 is 0 Å². The molecule has 1 saturated carbocycles. The zero-order valence-corrected chi connectivity index (χ0v) is 9.58. The molecule has 2 aliphatic rings. The van der Waals surface area contributed by atoms with Gasteiger partial charge in [0.25, 0.3) is 0 Å². The van der Waals surface area contributed by atoms with Gasteiger partial charge in [0.1, 0.15) is 0 Å². The van der Waals surface area contributed by atoms with Crippen LogP contribution in [0.25, 0.3) is 0 Å². The van der Waals surface area contributed by atoms with Gasteiger partial charge in [-0.05, 0) is 38.0 Å². The number of halogens is 3. The number of allylic oxidation sites excluding steroid dienone is 4. The number of aliphatic hydroxyl groups is 1. The van der Waals surface area contributed by atoms with E-state index in [1.165, 1.54) is 12.2 Å². The van der Waals surface area contributed by atoms with Gasteiger partial charge < -0.3 is 5.11 Å². The summed E-state index contributed by atoms with van der Waals surface area (Å²) in [6.45, 7) is 0. The van der Waals surface area contributed by atoms with Crippen LogP contribution in [-0.2, 0) is 0 Å². The molecule has 0 amide bonds. The van der Waals surface area contributed by atoms with E-state index in [-0.39, 0.29) is 12.0 Å². The summed E-state index contributed by atoms with van der Waals surface area (Å²) in [5, 5.41) is 9.46. The molecule has 1 nitrogen and oxygen atoms in total. The van der Waals surface area contributed by atoms with Crippen molar-refractivity contribution in [1.29, 1.82) is 0 Å². The number of hydrogen-bond donors (Lipinski definition) is 1. The van der Waals surface area contributed by atoms with Gasteiger partial charge in [-0.15, -0.1) is 0 Å². The lowest BCUT2D eigenvalue weighted by atomic mass is 9.91. The van der Waals surface area contributed by atoms with E-state index in [0.717, 1.165) is 12.0 Å². The van der Waals surface area contributed by atoms with Crippen LogP contribution in [0.3, 0.4) is 0 Å². The lowest BCUT2D eigenvalue weighted by molar-refractivity contribution is -0.149. The Balaban J connectivity index is 2.14. The van der Waals surface area contributed by atoms with Crippen molar-refractivity contribution in [2.75, 3.05) is 0 Å². The Hall–Kier alpha value is -0.770. The van der Waals surface area contributed by atoms with Crippen molar-refractivity contribution in [3.05, 3.63) is 23.8 Å². The predicted molar refractivity (Wildman–Crippen MR) is 59.3 cm³/mol. The quantitative estimate of drug-likeness (QED) is 0.701. The first-order valence-electron chi connectivity index (χ1n) is 6.09. The van der Waals surface area contributed by atoms with Crippen LogP contribution in [-0.4, -0.2) is 17.4 Å². The van der Waals surface area contributed by atoms with Crippen molar-refractivity contribution < 1.29 is 18.3 Å². The summed E-state index contributed by atoms with van der Waals surface area (Å²) in [5.41, 5.74) is 0.883. The van der Waals surface area contributed by atoms with Crippen molar-refractivity contribution in [1.82, 2.24) is 0 Å². The Morgan fingerprint density at radius 1 is 1.24 bits per heavy atom. The molecule has 1 N–H and O–H groups in total. The van der Waals surface area contributed by atoms with Crippen LogP contribution in [0.2, 0.25) is 0 Å². The minimum absolute atomic E-state index is 0.148. The molecule has 0 bridgehead atoms. The Morgan fingerprint density at radius 3 is 2.59 bits per heavy atom. The Morgan fingerprint density at radius 2 is 2.00 bits per heavy atom. The molecule has 0 aromatic heterocycles. The third-order valence-electron chi connectivity index (χ3n) is 3.64. The van der Waals surface area contributed by atoms with E-state index in [0.29, 0.717) is 25.7 Å². The summed E-state index contributed by atoms with van der Waals surface area (Å²) in [6, 6.07) is 0. The standard InChI is InChI=1S/C13H17F3O/c14-13(15,16)11-4-2-1-3-9(7-11)10-5-6-12(17)8-10/h2,4,7,10-12,17H,1,3,5-6,8H2. The monoisotopic (exact) mass is 246 g/mol. The molecule has 17 heavy (non-hydrogen) atoms. The minimum atomic E-state index is -4.19. The van der Waals surface area contributed by atoms with E-state index in [1.807, 2.05) is 0 Å². The van der Waals surface area contributed by atoms with Gasteiger partial charge in [0.15, 0.2) is 0 Å². The topological polar surface area (TPSA) is 20.2 Å². The molecule has 2 aliphatic carbocycles. The fourth-order valence-electron chi connectivity index (χ4n) is 2.70. The smallest absolute Gasteiger partial charge is 0.393 e. The van der Waals surface area contributed by atoms with Gasteiger partial charge in [0.05, 0.1) is 12.0 Å². The van der Waals surface area contributed by atoms with Gasteiger partial charge in [-0.1, -0.05) is 23.8 Å². The first kappa shape index (κ1) is 12.7. The zero-order chi connectivity index (χ0) is 12.5. The van der Waals surface area contributed by atoms with Gasteiger partial charge >= 0.3 is 6.18 Å². The molecule has 1 fully saturated rings. The Kier molecular flexibility index (Phi) is 3.61. The molecule has 0 radical (unpaired) electrons. The number of alkyl halides is 3.